The van der Waals surface area contributed by atoms with Crippen molar-refractivity contribution in [2.45, 2.75) is 26.3 Å². The maximum absolute atomic E-state index is 8.80. The van der Waals surface area contributed by atoms with E-state index in [4.69, 9.17) is 14.6 Å². The zero-order valence-corrected chi connectivity index (χ0v) is 12.4. The molecule has 1 N–H and O–H groups in total. The van der Waals surface area contributed by atoms with E-state index in [2.05, 4.69) is 18.9 Å². The van der Waals surface area contributed by atoms with E-state index in [1.165, 1.54) is 11.1 Å². The molecule has 108 valence electrons. The molecular weight excluding hydrogens is 242 g/mol. The SMILES string of the molecule is COc1cc(C)c(CN(C)CCCCO)c(OC)c1. The molecule has 0 aliphatic heterocycles. The van der Waals surface area contributed by atoms with Crippen molar-refractivity contribution >= 4 is 0 Å². The fraction of sp³-hybridized carbons (Fsp3) is 0.600. The van der Waals surface area contributed by atoms with E-state index < -0.39 is 0 Å². The van der Waals surface area contributed by atoms with Gasteiger partial charge in [-0.2, -0.15) is 0 Å². The minimum atomic E-state index is 0.263. The van der Waals surface area contributed by atoms with Crippen molar-refractivity contribution in [2.75, 3.05) is 34.4 Å². The number of aryl methyl sites for hydroxylation is 1. The van der Waals surface area contributed by atoms with Gasteiger partial charge in [0, 0.05) is 24.8 Å². The molecule has 0 aliphatic rings. The van der Waals surface area contributed by atoms with Crippen LogP contribution in [0.5, 0.6) is 11.5 Å². The number of hydrogen-bond acceptors (Lipinski definition) is 4. The summed E-state index contributed by atoms with van der Waals surface area (Å²) in [7, 11) is 5.43. The average Bonchev–Trinajstić information content (AvgIpc) is 2.41. The maximum Gasteiger partial charge on any atom is 0.127 e. The Hall–Kier alpha value is -1.26. The number of ether oxygens (including phenoxy) is 2. The summed E-state index contributed by atoms with van der Waals surface area (Å²) in [5.74, 6) is 1.69. The minimum absolute atomic E-state index is 0.263. The van der Waals surface area contributed by atoms with E-state index in [9.17, 15) is 0 Å². The predicted molar refractivity (Wildman–Crippen MR) is 76.9 cm³/mol. The van der Waals surface area contributed by atoms with Crippen LogP contribution in [-0.4, -0.2) is 44.4 Å². The van der Waals surface area contributed by atoms with Crippen molar-refractivity contribution in [3.8, 4) is 11.5 Å². The molecule has 4 nitrogen and oxygen atoms in total. The first-order valence-corrected chi connectivity index (χ1v) is 6.63. The van der Waals surface area contributed by atoms with Gasteiger partial charge in [0.1, 0.15) is 11.5 Å². The Bertz CT molecular complexity index is 393. The van der Waals surface area contributed by atoms with Gasteiger partial charge in [-0.25, -0.2) is 0 Å². The zero-order valence-electron chi connectivity index (χ0n) is 12.4. The first kappa shape index (κ1) is 15.8. The van der Waals surface area contributed by atoms with E-state index >= 15 is 0 Å². The van der Waals surface area contributed by atoms with Crippen molar-refractivity contribution in [2.24, 2.45) is 0 Å². The summed E-state index contributed by atoms with van der Waals surface area (Å²) in [6.45, 7) is 4.14. The highest BCUT2D eigenvalue weighted by Gasteiger charge is 2.11. The van der Waals surface area contributed by atoms with Gasteiger partial charge in [-0.15, -0.1) is 0 Å². The highest BCUT2D eigenvalue weighted by molar-refractivity contribution is 5.46. The second-order valence-corrected chi connectivity index (χ2v) is 4.79. The molecule has 0 aliphatic carbocycles. The van der Waals surface area contributed by atoms with Crippen molar-refractivity contribution in [3.63, 3.8) is 0 Å². The molecule has 0 amide bonds. The first-order valence-electron chi connectivity index (χ1n) is 6.63. The molecule has 0 fully saturated rings. The van der Waals surface area contributed by atoms with Gasteiger partial charge in [-0.3, -0.25) is 0 Å². The monoisotopic (exact) mass is 267 g/mol. The van der Waals surface area contributed by atoms with Gasteiger partial charge in [0.05, 0.1) is 14.2 Å². The third-order valence-electron chi connectivity index (χ3n) is 3.24. The lowest BCUT2D eigenvalue weighted by Gasteiger charge is -2.20. The number of aliphatic hydroxyl groups is 1. The summed E-state index contributed by atoms with van der Waals surface area (Å²) >= 11 is 0. The van der Waals surface area contributed by atoms with Gasteiger partial charge in [0.2, 0.25) is 0 Å². The van der Waals surface area contributed by atoms with Crippen LogP contribution >= 0.6 is 0 Å². The summed E-state index contributed by atoms with van der Waals surface area (Å²) in [6, 6.07) is 3.95. The molecule has 1 aromatic rings. The Kier molecular flexibility index (Phi) is 6.67. The normalized spacial score (nSPS) is 10.8. The van der Waals surface area contributed by atoms with Gasteiger partial charge in [0.15, 0.2) is 0 Å². The molecular formula is C15H25NO3. The molecule has 1 aromatic carbocycles. The number of benzene rings is 1. The minimum Gasteiger partial charge on any atom is -0.497 e. The molecule has 0 atom stereocenters. The third kappa shape index (κ3) is 4.73. The van der Waals surface area contributed by atoms with Crippen molar-refractivity contribution in [3.05, 3.63) is 23.3 Å². The number of unbranched alkanes of at least 4 members (excludes halogenated alkanes) is 1. The van der Waals surface area contributed by atoms with Crippen LogP contribution < -0.4 is 9.47 Å². The Labute approximate surface area is 115 Å². The Morgan fingerprint density at radius 1 is 1.16 bits per heavy atom. The fourth-order valence-corrected chi connectivity index (χ4v) is 2.10. The van der Waals surface area contributed by atoms with E-state index in [0.29, 0.717) is 0 Å². The lowest BCUT2D eigenvalue weighted by molar-refractivity contribution is 0.259. The number of methoxy groups -OCH3 is 2. The lowest BCUT2D eigenvalue weighted by Crippen LogP contribution is -2.20. The smallest absolute Gasteiger partial charge is 0.127 e. The van der Waals surface area contributed by atoms with Crippen LogP contribution in [0.25, 0.3) is 0 Å². The van der Waals surface area contributed by atoms with Crippen LogP contribution in [0.15, 0.2) is 12.1 Å². The largest absolute Gasteiger partial charge is 0.497 e. The molecule has 0 saturated carbocycles. The van der Waals surface area contributed by atoms with Gasteiger partial charge in [-0.1, -0.05) is 0 Å². The second-order valence-electron chi connectivity index (χ2n) is 4.79. The number of nitrogens with zero attached hydrogens (tertiary/aromatic N) is 1. The molecule has 0 spiro atoms. The molecule has 1 rings (SSSR count). The molecule has 4 heteroatoms. The maximum atomic E-state index is 8.80. The molecule has 0 unspecified atom stereocenters. The topological polar surface area (TPSA) is 41.9 Å². The van der Waals surface area contributed by atoms with Crippen molar-refractivity contribution in [1.82, 2.24) is 4.90 Å². The van der Waals surface area contributed by atoms with Gasteiger partial charge in [0.25, 0.3) is 0 Å². The number of aliphatic hydroxyl groups excluding tert-OH is 1. The van der Waals surface area contributed by atoms with Crippen LogP contribution in [0.2, 0.25) is 0 Å². The highest BCUT2D eigenvalue weighted by Crippen LogP contribution is 2.29. The van der Waals surface area contributed by atoms with Crippen LogP contribution in [0, 0.1) is 6.92 Å². The average molecular weight is 267 g/mol. The summed E-state index contributed by atoms with van der Waals surface area (Å²) in [5, 5.41) is 8.80. The Morgan fingerprint density at radius 2 is 1.89 bits per heavy atom. The molecule has 0 aromatic heterocycles. The predicted octanol–water partition coefficient (Wildman–Crippen LogP) is 2.22. The van der Waals surface area contributed by atoms with Gasteiger partial charge >= 0.3 is 0 Å². The van der Waals surface area contributed by atoms with E-state index in [-0.39, 0.29) is 6.61 Å². The molecule has 0 bridgehead atoms. The fourth-order valence-electron chi connectivity index (χ4n) is 2.10. The summed E-state index contributed by atoms with van der Waals surface area (Å²) < 4.78 is 10.7. The Balaban J connectivity index is 2.76. The first-order chi connectivity index (χ1) is 9.12. The van der Waals surface area contributed by atoms with E-state index in [1.54, 1.807) is 14.2 Å². The zero-order chi connectivity index (χ0) is 14.3. The molecule has 0 radical (unpaired) electrons. The lowest BCUT2D eigenvalue weighted by atomic mass is 10.1. The van der Waals surface area contributed by atoms with Gasteiger partial charge < -0.3 is 19.5 Å². The van der Waals surface area contributed by atoms with Crippen molar-refractivity contribution < 1.29 is 14.6 Å². The van der Waals surface area contributed by atoms with Crippen LogP contribution in [0.4, 0.5) is 0 Å². The van der Waals surface area contributed by atoms with Crippen LogP contribution in [-0.2, 0) is 6.54 Å². The molecule has 0 heterocycles. The third-order valence-corrected chi connectivity index (χ3v) is 3.24. The highest BCUT2D eigenvalue weighted by atomic mass is 16.5. The summed E-state index contributed by atoms with van der Waals surface area (Å²) in [6.07, 6.45) is 1.85. The summed E-state index contributed by atoms with van der Waals surface area (Å²) in [4.78, 5) is 2.24. The van der Waals surface area contributed by atoms with Crippen LogP contribution in [0.1, 0.15) is 24.0 Å². The van der Waals surface area contributed by atoms with Crippen LogP contribution in [0.3, 0.4) is 0 Å². The quantitative estimate of drug-likeness (QED) is 0.733. The summed E-state index contributed by atoms with van der Waals surface area (Å²) in [5.41, 5.74) is 2.36. The van der Waals surface area contributed by atoms with E-state index in [1.807, 2.05) is 12.1 Å². The number of hydrogen-bond donors (Lipinski definition) is 1. The van der Waals surface area contributed by atoms with Gasteiger partial charge in [-0.05, 0) is 45.0 Å². The van der Waals surface area contributed by atoms with E-state index in [0.717, 1.165) is 37.4 Å². The standard InChI is InChI=1S/C15H25NO3/c1-12-9-13(18-3)10-15(19-4)14(12)11-16(2)7-5-6-8-17/h9-10,17H,5-8,11H2,1-4H3. The Morgan fingerprint density at radius 3 is 2.47 bits per heavy atom. The molecule has 19 heavy (non-hydrogen) atoms. The second kappa shape index (κ2) is 8.02. The van der Waals surface area contributed by atoms with Crippen molar-refractivity contribution in [1.29, 1.82) is 0 Å². The molecule has 0 saturated heterocycles. The number of rotatable bonds is 8.